The van der Waals surface area contributed by atoms with Crippen LogP contribution in [0.15, 0.2) is 33.2 Å². The van der Waals surface area contributed by atoms with Crippen molar-refractivity contribution in [3.05, 3.63) is 60.3 Å². The number of nitro groups is 2. The maximum absolute atomic E-state index is 10.9. The monoisotopic (exact) mass is 355 g/mol. The SMILES string of the molecule is Cc1cc(Br)c(NCc2ccc([N+](=O)[O-])o2)cc1[N+](=O)[O-]. The highest BCUT2D eigenvalue weighted by Crippen LogP contribution is 2.31. The standard InChI is InChI=1S/C12H10BrN3O5/c1-7-4-9(13)10(5-11(7)15(17)18)14-6-8-2-3-12(21-8)16(19)20/h2-5,14H,6H2,1H3. The summed E-state index contributed by atoms with van der Waals surface area (Å²) in [5.74, 6) is 0.0116. The molecule has 0 aliphatic heterocycles. The Kier molecular flexibility index (Phi) is 4.22. The molecule has 9 heteroatoms. The Morgan fingerprint density at radius 3 is 2.52 bits per heavy atom. The average Bonchev–Trinajstić information content (AvgIpc) is 2.86. The van der Waals surface area contributed by atoms with Crippen molar-refractivity contribution in [2.24, 2.45) is 0 Å². The molecule has 0 atom stereocenters. The van der Waals surface area contributed by atoms with Gasteiger partial charge in [-0.05, 0) is 35.0 Å². The van der Waals surface area contributed by atoms with Gasteiger partial charge in [-0.2, -0.15) is 0 Å². The molecule has 0 aliphatic rings. The van der Waals surface area contributed by atoms with Crippen molar-refractivity contribution >= 4 is 33.2 Å². The average molecular weight is 356 g/mol. The van der Waals surface area contributed by atoms with Gasteiger partial charge in [0.2, 0.25) is 0 Å². The van der Waals surface area contributed by atoms with E-state index in [-0.39, 0.29) is 18.1 Å². The summed E-state index contributed by atoms with van der Waals surface area (Å²) >= 11 is 3.31. The summed E-state index contributed by atoms with van der Waals surface area (Å²) in [5, 5.41) is 24.4. The molecule has 0 saturated heterocycles. The highest BCUT2D eigenvalue weighted by Gasteiger charge is 2.15. The lowest BCUT2D eigenvalue weighted by molar-refractivity contribution is -0.402. The smallest absolute Gasteiger partial charge is 0.404 e. The Morgan fingerprint density at radius 1 is 1.24 bits per heavy atom. The van der Waals surface area contributed by atoms with E-state index in [4.69, 9.17) is 4.42 Å². The van der Waals surface area contributed by atoms with E-state index < -0.39 is 9.85 Å². The van der Waals surface area contributed by atoms with Crippen LogP contribution in [-0.2, 0) is 6.54 Å². The van der Waals surface area contributed by atoms with E-state index in [2.05, 4.69) is 21.2 Å². The third kappa shape index (κ3) is 3.37. The lowest BCUT2D eigenvalue weighted by Crippen LogP contribution is -2.01. The molecule has 0 fully saturated rings. The van der Waals surface area contributed by atoms with E-state index >= 15 is 0 Å². The van der Waals surface area contributed by atoms with Gasteiger partial charge in [0.05, 0.1) is 23.2 Å². The van der Waals surface area contributed by atoms with Crippen LogP contribution in [0, 0.1) is 27.2 Å². The Labute approximate surface area is 127 Å². The van der Waals surface area contributed by atoms with Crippen LogP contribution in [0.25, 0.3) is 0 Å². The highest BCUT2D eigenvalue weighted by molar-refractivity contribution is 9.10. The van der Waals surface area contributed by atoms with E-state index in [0.29, 0.717) is 21.5 Å². The number of hydrogen-bond donors (Lipinski definition) is 1. The van der Waals surface area contributed by atoms with Crippen LogP contribution in [0.4, 0.5) is 17.3 Å². The fourth-order valence-corrected chi connectivity index (χ4v) is 2.33. The van der Waals surface area contributed by atoms with Crippen LogP contribution >= 0.6 is 15.9 Å². The number of nitro benzene ring substituents is 1. The number of aryl methyl sites for hydroxylation is 1. The Bertz CT molecular complexity index is 713. The van der Waals surface area contributed by atoms with Crippen molar-refractivity contribution in [2.75, 3.05) is 5.32 Å². The lowest BCUT2D eigenvalue weighted by atomic mass is 10.2. The maximum atomic E-state index is 10.9. The predicted octanol–water partition coefficient (Wildman–Crippen LogP) is 3.78. The van der Waals surface area contributed by atoms with Gasteiger partial charge in [-0.15, -0.1) is 0 Å². The number of rotatable bonds is 5. The van der Waals surface area contributed by atoms with Gasteiger partial charge in [0, 0.05) is 16.1 Å². The first-order valence-electron chi connectivity index (χ1n) is 5.80. The van der Waals surface area contributed by atoms with E-state index in [1.807, 2.05) is 0 Å². The molecule has 110 valence electrons. The number of furan rings is 1. The molecule has 0 unspecified atom stereocenters. The first-order valence-corrected chi connectivity index (χ1v) is 6.59. The Balaban J connectivity index is 2.17. The van der Waals surface area contributed by atoms with Gasteiger partial charge in [-0.25, -0.2) is 0 Å². The number of benzene rings is 1. The molecule has 0 spiro atoms. The first-order chi connectivity index (χ1) is 9.88. The van der Waals surface area contributed by atoms with Crippen molar-refractivity contribution in [1.29, 1.82) is 0 Å². The minimum atomic E-state index is -0.629. The molecule has 0 aliphatic carbocycles. The molecule has 2 aromatic rings. The molecule has 1 heterocycles. The van der Waals surface area contributed by atoms with Crippen molar-refractivity contribution in [3.8, 4) is 0 Å². The van der Waals surface area contributed by atoms with Crippen molar-refractivity contribution in [3.63, 3.8) is 0 Å². The van der Waals surface area contributed by atoms with Gasteiger partial charge in [0.15, 0.2) is 0 Å². The maximum Gasteiger partial charge on any atom is 0.433 e. The first kappa shape index (κ1) is 15.0. The summed E-state index contributed by atoms with van der Waals surface area (Å²) in [5.41, 5.74) is 1.03. The molecule has 2 rings (SSSR count). The van der Waals surface area contributed by atoms with E-state index in [9.17, 15) is 20.2 Å². The van der Waals surface area contributed by atoms with Gasteiger partial charge in [-0.3, -0.25) is 20.2 Å². The summed E-state index contributed by atoms with van der Waals surface area (Å²) in [7, 11) is 0. The molecule has 0 bridgehead atoms. The molecule has 0 amide bonds. The molecule has 21 heavy (non-hydrogen) atoms. The molecule has 8 nitrogen and oxygen atoms in total. The minimum Gasteiger partial charge on any atom is -0.404 e. The minimum absolute atomic E-state index is 0.00822. The zero-order valence-corrected chi connectivity index (χ0v) is 12.4. The fraction of sp³-hybridized carbons (Fsp3) is 0.167. The number of anilines is 1. The summed E-state index contributed by atoms with van der Waals surface area (Å²) < 4.78 is 5.66. The summed E-state index contributed by atoms with van der Waals surface area (Å²) in [6.07, 6.45) is 0. The van der Waals surface area contributed by atoms with Gasteiger partial charge >= 0.3 is 5.88 Å². The third-order valence-electron chi connectivity index (χ3n) is 2.76. The number of halogens is 1. The lowest BCUT2D eigenvalue weighted by Gasteiger charge is -2.08. The molecular weight excluding hydrogens is 346 g/mol. The normalized spacial score (nSPS) is 10.4. The van der Waals surface area contributed by atoms with Crippen LogP contribution in [0.5, 0.6) is 0 Å². The second-order valence-electron chi connectivity index (χ2n) is 4.23. The van der Waals surface area contributed by atoms with Gasteiger partial charge < -0.3 is 9.73 Å². The quantitative estimate of drug-likeness (QED) is 0.645. The van der Waals surface area contributed by atoms with Gasteiger partial charge in [0.1, 0.15) is 10.7 Å². The van der Waals surface area contributed by atoms with Crippen molar-refractivity contribution < 1.29 is 14.3 Å². The molecule has 0 saturated carbocycles. The topological polar surface area (TPSA) is 111 Å². The van der Waals surface area contributed by atoms with Gasteiger partial charge in [-0.1, -0.05) is 0 Å². The van der Waals surface area contributed by atoms with Crippen molar-refractivity contribution in [1.82, 2.24) is 0 Å². The van der Waals surface area contributed by atoms with Crippen LogP contribution in [0.3, 0.4) is 0 Å². The van der Waals surface area contributed by atoms with Crippen molar-refractivity contribution in [2.45, 2.75) is 13.5 Å². The fourth-order valence-electron chi connectivity index (χ4n) is 1.74. The number of nitrogens with one attached hydrogen (secondary N) is 1. The van der Waals surface area contributed by atoms with E-state index in [0.717, 1.165) is 0 Å². The van der Waals surface area contributed by atoms with Gasteiger partial charge in [0.25, 0.3) is 5.69 Å². The predicted molar refractivity (Wildman–Crippen MR) is 78.2 cm³/mol. The number of hydrogen-bond acceptors (Lipinski definition) is 6. The molecule has 0 radical (unpaired) electrons. The molecular formula is C12H10BrN3O5. The summed E-state index contributed by atoms with van der Waals surface area (Å²) in [6, 6.07) is 5.76. The zero-order valence-electron chi connectivity index (χ0n) is 10.8. The zero-order chi connectivity index (χ0) is 15.6. The second-order valence-corrected chi connectivity index (χ2v) is 5.08. The Morgan fingerprint density at radius 2 is 1.95 bits per heavy atom. The largest absolute Gasteiger partial charge is 0.433 e. The van der Waals surface area contributed by atoms with Crippen LogP contribution in [0.2, 0.25) is 0 Å². The summed E-state index contributed by atoms with van der Waals surface area (Å²) in [4.78, 5) is 20.3. The van der Waals surface area contributed by atoms with Crippen LogP contribution in [0.1, 0.15) is 11.3 Å². The van der Waals surface area contributed by atoms with E-state index in [1.165, 1.54) is 18.2 Å². The third-order valence-corrected chi connectivity index (χ3v) is 3.42. The molecule has 1 aromatic heterocycles. The number of nitrogens with zero attached hydrogens (tertiary/aromatic N) is 2. The summed E-state index contributed by atoms with van der Waals surface area (Å²) in [6.45, 7) is 1.81. The molecule has 1 N–H and O–H groups in total. The highest BCUT2D eigenvalue weighted by atomic mass is 79.9. The van der Waals surface area contributed by atoms with E-state index in [1.54, 1.807) is 13.0 Å². The Hall–Kier alpha value is -2.42. The van der Waals surface area contributed by atoms with Crippen LogP contribution in [-0.4, -0.2) is 9.85 Å². The molecule has 1 aromatic carbocycles. The van der Waals surface area contributed by atoms with Crippen LogP contribution < -0.4 is 5.32 Å². The second kappa shape index (κ2) is 5.92.